The summed E-state index contributed by atoms with van der Waals surface area (Å²) in [5.41, 5.74) is 1.31. The van der Waals surface area contributed by atoms with Crippen molar-refractivity contribution in [3.63, 3.8) is 0 Å². The summed E-state index contributed by atoms with van der Waals surface area (Å²) in [4.78, 5) is 21.4. The van der Waals surface area contributed by atoms with E-state index in [1.54, 1.807) is 35.1 Å². The highest BCUT2D eigenvalue weighted by Crippen LogP contribution is 2.29. The third-order valence-electron chi connectivity index (χ3n) is 5.52. The molecule has 4 rings (SSSR count). The van der Waals surface area contributed by atoms with Gasteiger partial charge in [0.15, 0.2) is 0 Å². The zero-order valence-electron chi connectivity index (χ0n) is 17.9. The van der Waals surface area contributed by atoms with Gasteiger partial charge in [0.05, 0.1) is 18.7 Å². The van der Waals surface area contributed by atoms with Gasteiger partial charge in [0.1, 0.15) is 17.8 Å². The van der Waals surface area contributed by atoms with Gasteiger partial charge in [-0.3, -0.25) is 13.7 Å². The second-order valence-corrected chi connectivity index (χ2v) is 10.1. The molecule has 34 heavy (non-hydrogen) atoms. The molecule has 0 unspecified atom stereocenters. The number of aromatic nitrogens is 4. The minimum Gasteiger partial charge on any atom is -0.367 e. The third-order valence-corrected chi connectivity index (χ3v) is 6.59. The molecule has 1 fully saturated rings. The number of hydrogen-bond donors (Lipinski definition) is 2. The van der Waals surface area contributed by atoms with E-state index in [2.05, 4.69) is 20.4 Å². The van der Waals surface area contributed by atoms with E-state index >= 15 is 0 Å². The summed E-state index contributed by atoms with van der Waals surface area (Å²) in [7, 11) is -3.97. The Labute approximate surface area is 206 Å². The van der Waals surface area contributed by atoms with Gasteiger partial charge in [-0.2, -0.15) is 13.5 Å². The predicted molar refractivity (Wildman–Crippen MR) is 127 cm³/mol. The lowest BCUT2D eigenvalue weighted by atomic mass is 10.1. The topological polar surface area (TPSA) is 142 Å². The fourth-order valence-electron chi connectivity index (χ4n) is 3.90. The summed E-state index contributed by atoms with van der Waals surface area (Å²) < 4.78 is 28.3. The van der Waals surface area contributed by atoms with Crippen LogP contribution in [0.1, 0.15) is 40.9 Å². The molecule has 3 N–H and O–H groups in total. The number of carbonyl (C=O) groups is 1. The molecular formula is C21H22Cl2N6O4S. The molecule has 0 aliphatic heterocycles. The number of carbonyl (C=O) groups excluding carboxylic acids is 1. The van der Waals surface area contributed by atoms with Crippen LogP contribution in [0.3, 0.4) is 0 Å². The van der Waals surface area contributed by atoms with Gasteiger partial charge in [-0.1, -0.05) is 23.2 Å². The average Bonchev–Trinajstić information content (AvgIpc) is 3.44. The van der Waals surface area contributed by atoms with Crippen LogP contribution >= 0.6 is 23.2 Å². The van der Waals surface area contributed by atoms with Crippen LogP contribution in [0.2, 0.25) is 10.0 Å². The summed E-state index contributed by atoms with van der Waals surface area (Å²) in [5.74, 6) is 0.0995. The second-order valence-electron chi connectivity index (χ2n) is 8.05. The van der Waals surface area contributed by atoms with Crippen LogP contribution in [0.4, 0.5) is 5.82 Å². The van der Waals surface area contributed by atoms with Crippen LogP contribution < -0.4 is 10.5 Å². The number of hydrogen-bond acceptors (Lipinski definition) is 8. The van der Waals surface area contributed by atoms with Crippen LogP contribution in [0.15, 0.2) is 43.0 Å². The van der Waals surface area contributed by atoms with E-state index in [1.165, 1.54) is 12.5 Å². The number of halogens is 2. The van der Waals surface area contributed by atoms with Crippen molar-refractivity contribution in [1.29, 1.82) is 0 Å². The molecule has 0 amide bonds. The largest absolute Gasteiger partial charge is 0.367 e. The van der Waals surface area contributed by atoms with Crippen molar-refractivity contribution in [3.05, 3.63) is 69.9 Å². The van der Waals surface area contributed by atoms with E-state index in [-0.39, 0.29) is 35.6 Å². The maximum atomic E-state index is 13.2. The molecule has 0 spiro atoms. The number of rotatable bonds is 9. The van der Waals surface area contributed by atoms with Crippen molar-refractivity contribution in [1.82, 2.24) is 19.7 Å². The number of anilines is 1. The molecule has 10 nitrogen and oxygen atoms in total. The molecule has 180 valence electrons. The zero-order chi connectivity index (χ0) is 24.3. The van der Waals surface area contributed by atoms with Crippen LogP contribution in [-0.4, -0.2) is 46.6 Å². The first kappa shape index (κ1) is 24.6. The van der Waals surface area contributed by atoms with Crippen LogP contribution in [-0.2, 0) is 21.0 Å². The van der Waals surface area contributed by atoms with E-state index < -0.39 is 10.3 Å². The van der Waals surface area contributed by atoms with E-state index in [9.17, 15) is 13.2 Å². The van der Waals surface area contributed by atoms with Gasteiger partial charge in [0.25, 0.3) is 0 Å². The first-order valence-corrected chi connectivity index (χ1v) is 12.7. The lowest BCUT2D eigenvalue weighted by Gasteiger charge is -2.15. The Morgan fingerprint density at radius 1 is 1.26 bits per heavy atom. The summed E-state index contributed by atoms with van der Waals surface area (Å²) in [6.45, 7) is 0.383. The number of benzene rings is 1. The Morgan fingerprint density at radius 3 is 2.88 bits per heavy atom. The molecule has 1 aliphatic rings. The van der Waals surface area contributed by atoms with E-state index in [4.69, 9.17) is 32.5 Å². The normalized spacial score (nSPS) is 18.2. The van der Waals surface area contributed by atoms with E-state index in [0.717, 1.165) is 18.4 Å². The Bertz CT molecular complexity index is 1300. The molecule has 0 bridgehead atoms. The molecule has 0 radical (unpaired) electrons. The quantitative estimate of drug-likeness (QED) is 0.406. The van der Waals surface area contributed by atoms with Crippen molar-refractivity contribution in [2.75, 3.05) is 11.9 Å². The maximum Gasteiger partial charge on any atom is 0.333 e. The standard InChI is InChI=1S/C21H22Cl2N6O4S/c22-15-2-4-18(23)14(8-15)10-29-6-5-19(28-29)20(30)17-9-25-12-26-21(17)27-16-3-1-13(7-16)11-33-34(24,31)32/h2,4-6,8-9,12-13,16H,1,3,7,10-11H2,(H2,24,31,32)(H,25,26,27)/t13-,16+/m1/s1. The van der Waals surface area contributed by atoms with Gasteiger partial charge in [-0.25, -0.2) is 15.1 Å². The monoisotopic (exact) mass is 524 g/mol. The summed E-state index contributed by atoms with van der Waals surface area (Å²) in [6.07, 6.45) is 6.68. The van der Waals surface area contributed by atoms with Crippen molar-refractivity contribution < 1.29 is 17.4 Å². The van der Waals surface area contributed by atoms with E-state index in [1.807, 2.05) is 0 Å². The second kappa shape index (κ2) is 10.4. The molecule has 2 atom stereocenters. The summed E-state index contributed by atoms with van der Waals surface area (Å²) in [5, 5.41) is 13.7. The lowest BCUT2D eigenvalue weighted by Crippen LogP contribution is -2.22. The van der Waals surface area contributed by atoms with Gasteiger partial charge in [-0.15, -0.1) is 0 Å². The number of nitrogens with zero attached hydrogens (tertiary/aromatic N) is 4. The Morgan fingerprint density at radius 2 is 2.09 bits per heavy atom. The molecule has 3 aromatic rings. The van der Waals surface area contributed by atoms with Gasteiger partial charge < -0.3 is 5.32 Å². The van der Waals surface area contributed by atoms with E-state index in [0.29, 0.717) is 28.8 Å². The Kier molecular flexibility index (Phi) is 7.48. The van der Waals surface area contributed by atoms with Crippen molar-refractivity contribution in [2.45, 2.75) is 31.8 Å². The molecular weight excluding hydrogens is 503 g/mol. The fourth-order valence-corrected chi connectivity index (χ4v) is 4.65. The van der Waals surface area contributed by atoms with Gasteiger partial charge in [-0.05, 0) is 55.0 Å². The summed E-state index contributed by atoms with van der Waals surface area (Å²) in [6, 6.07) is 6.78. The smallest absolute Gasteiger partial charge is 0.333 e. The first-order chi connectivity index (χ1) is 16.2. The zero-order valence-corrected chi connectivity index (χ0v) is 20.2. The predicted octanol–water partition coefficient (Wildman–Crippen LogP) is 3.06. The van der Waals surface area contributed by atoms with Gasteiger partial charge in [0, 0.05) is 28.5 Å². The number of nitrogens with one attached hydrogen (secondary N) is 1. The molecule has 13 heteroatoms. The Hall–Kier alpha value is -2.57. The van der Waals surface area contributed by atoms with Crippen LogP contribution in [0.5, 0.6) is 0 Å². The van der Waals surface area contributed by atoms with Crippen LogP contribution in [0.25, 0.3) is 0 Å². The van der Waals surface area contributed by atoms with Crippen LogP contribution in [0, 0.1) is 5.92 Å². The summed E-state index contributed by atoms with van der Waals surface area (Å²) >= 11 is 12.3. The van der Waals surface area contributed by atoms with Gasteiger partial charge in [0.2, 0.25) is 5.78 Å². The van der Waals surface area contributed by atoms with Crippen molar-refractivity contribution in [3.8, 4) is 0 Å². The minimum atomic E-state index is -3.97. The highest BCUT2D eigenvalue weighted by atomic mass is 35.5. The highest BCUT2D eigenvalue weighted by molar-refractivity contribution is 7.84. The van der Waals surface area contributed by atoms with Gasteiger partial charge >= 0.3 is 10.3 Å². The fraction of sp³-hybridized carbons (Fsp3) is 0.333. The molecule has 1 saturated carbocycles. The molecule has 1 aromatic carbocycles. The average molecular weight is 525 g/mol. The molecule has 0 saturated heterocycles. The molecule has 2 heterocycles. The third kappa shape index (κ3) is 6.30. The maximum absolute atomic E-state index is 13.2. The highest BCUT2D eigenvalue weighted by Gasteiger charge is 2.28. The van der Waals surface area contributed by atoms with Crippen molar-refractivity contribution >= 4 is 45.1 Å². The first-order valence-electron chi connectivity index (χ1n) is 10.4. The molecule has 1 aliphatic carbocycles. The lowest BCUT2D eigenvalue weighted by molar-refractivity contribution is 0.103. The minimum absolute atomic E-state index is 0.00180. The Balaban J connectivity index is 1.44. The molecule has 2 aromatic heterocycles. The number of nitrogens with two attached hydrogens (primary N) is 1. The SMILES string of the molecule is NS(=O)(=O)OC[C@@H]1CC[C@H](Nc2ncncc2C(=O)c2ccn(Cc3cc(Cl)ccc3Cl)n2)C1. The number of ketones is 1. The van der Waals surface area contributed by atoms with Crippen molar-refractivity contribution in [2.24, 2.45) is 11.1 Å².